The van der Waals surface area contributed by atoms with Crippen LogP contribution >= 0.6 is 0 Å². The van der Waals surface area contributed by atoms with Gasteiger partial charge < -0.3 is 14.8 Å². The van der Waals surface area contributed by atoms with E-state index in [0.717, 1.165) is 50.5 Å². The van der Waals surface area contributed by atoms with Crippen LogP contribution in [0.4, 0.5) is 0 Å². The minimum Gasteiger partial charge on any atom is -0.389 e. The Kier molecular flexibility index (Phi) is 4.10. The highest BCUT2D eigenvalue weighted by Crippen LogP contribution is 2.35. The molecule has 3 rings (SSSR count). The fourth-order valence-electron chi connectivity index (χ4n) is 3.38. The van der Waals surface area contributed by atoms with Crippen LogP contribution in [0.25, 0.3) is 0 Å². The largest absolute Gasteiger partial charge is 0.389 e. The van der Waals surface area contributed by atoms with Crippen LogP contribution in [-0.4, -0.2) is 51.4 Å². The molecule has 1 aromatic heterocycles. The van der Waals surface area contributed by atoms with E-state index >= 15 is 0 Å². The third kappa shape index (κ3) is 2.75. The molecule has 2 aliphatic heterocycles. The molecule has 3 heterocycles. The molecular formula is C15H25N3O2. The van der Waals surface area contributed by atoms with Gasteiger partial charge >= 0.3 is 0 Å². The van der Waals surface area contributed by atoms with E-state index in [1.165, 1.54) is 12.8 Å². The first-order valence-electron chi connectivity index (χ1n) is 7.79. The second-order valence-corrected chi connectivity index (χ2v) is 6.16. The summed E-state index contributed by atoms with van der Waals surface area (Å²) in [6.45, 7) is 5.33. The van der Waals surface area contributed by atoms with Crippen LogP contribution in [0.5, 0.6) is 0 Å². The van der Waals surface area contributed by atoms with Gasteiger partial charge in [0.1, 0.15) is 11.4 Å². The molecule has 20 heavy (non-hydrogen) atoms. The molecule has 2 fully saturated rings. The van der Waals surface area contributed by atoms with Gasteiger partial charge in [-0.25, -0.2) is 4.98 Å². The number of aryl methyl sites for hydroxylation is 1. The summed E-state index contributed by atoms with van der Waals surface area (Å²) in [5.41, 5.74) is 0.837. The molecule has 0 aromatic carbocycles. The SMILES string of the molecule is CCCCc1ncc(CN2C[C@H](O)[C@]3(CCCO3)C2)[nH]1. The summed E-state index contributed by atoms with van der Waals surface area (Å²) < 4.78 is 5.82. The normalized spacial score (nSPS) is 30.6. The zero-order valence-corrected chi connectivity index (χ0v) is 12.3. The standard InChI is InChI=1S/C15H25N3O2/c1-2-3-5-14-16-8-12(17-14)9-18-10-13(19)15(11-18)6-4-7-20-15/h8,13,19H,2-7,9-11H2,1H3,(H,16,17)/t13-,15-/m0/s1. The van der Waals surface area contributed by atoms with E-state index in [1.807, 2.05) is 6.20 Å². The predicted octanol–water partition coefficient (Wildman–Crippen LogP) is 1.48. The van der Waals surface area contributed by atoms with Crippen LogP contribution in [-0.2, 0) is 17.7 Å². The van der Waals surface area contributed by atoms with Gasteiger partial charge in [0.25, 0.3) is 0 Å². The lowest BCUT2D eigenvalue weighted by Gasteiger charge is -2.25. The van der Waals surface area contributed by atoms with E-state index in [9.17, 15) is 5.11 Å². The zero-order chi connectivity index (χ0) is 14.0. The summed E-state index contributed by atoms with van der Waals surface area (Å²) >= 11 is 0. The molecule has 0 aliphatic carbocycles. The lowest BCUT2D eigenvalue weighted by molar-refractivity contribution is -0.0593. The topological polar surface area (TPSA) is 61.4 Å². The molecule has 0 saturated carbocycles. The molecule has 5 nitrogen and oxygen atoms in total. The van der Waals surface area contributed by atoms with Gasteiger partial charge in [-0.1, -0.05) is 13.3 Å². The molecule has 112 valence electrons. The van der Waals surface area contributed by atoms with Gasteiger partial charge in [0, 0.05) is 44.6 Å². The molecule has 2 aliphatic rings. The van der Waals surface area contributed by atoms with Crippen molar-refractivity contribution in [3.8, 4) is 0 Å². The third-order valence-electron chi connectivity index (χ3n) is 4.51. The number of H-pyrrole nitrogens is 1. The Bertz CT molecular complexity index is 440. The van der Waals surface area contributed by atoms with E-state index in [4.69, 9.17) is 4.74 Å². The minimum atomic E-state index is -0.354. The molecule has 1 aromatic rings. The van der Waals surface area contributed by atoms with Crippen LogP contribution in [0.3, 0.4) is 0 Å². The Morgan fingerprint density at radius 3 is 3.25 bits per heavy atom. The molecule has 1 spiro atoms. The van der Waals surface area contributed by atoms with Crippen molar-refractivity contribution in [3.05, 3.63) is 17.7 Å². The summed E-state index contributed by atoms with van der Waals surface area (Å²) in [5.74, 6) is 1.08. The monoisotopic (exact) mass is 279 g/mol. The van der Waals surface area contributed by atoms with Gasteiger partial charge in [-0.3, -0.25) is 4.90 Å². The lowest BCUT2D eigenvalue weighted by Crippen LogP contribution is -2.40. The third-order valence-corrected chi connectivity index (χ3v) is 4.51. The molecular weight excluding hydrogens is 254 g/mol. The number of ether oxygens (including phenoxy) is 1. The van der Waals surface area contributed by atoms with Crippen molar-refractivity contribution in [3.63, 3.8) is 0 Å². The van der Waals surface area contributed by atoms with Gasteiger partial charge in [-0.05, 0) is 19.3 Å². The highest BCUT2D eigenvalue weighted by Gasteiger charge is 2.48. The fourth-order valence-corrected chi connectivity index (χ4v) is 3.38. The fraction of sp³-hybridized carbons (Fsp3) is 0.800. The first-order valence-corrected chi connectivity index (χ1v) is 7.79. The van der Waals surface area contributed by atoms with Crippen molar-refractivity contribution in [2.75, 3.05) is 19.7 Å². The molecule has 2 atom stereocenters. The van der Waals surface area contributed by atoms with Gasteiger partial charge in [-0.15, -0.1) is 0 Å². The number of imidazole rings is 1. The number of rotatable bonds is 5. The van der Waals surface area contributed by atoms with Crippen molar-refractivity contribution < 1.29 is 9.84 Å². The number of aliphatic hydroxyl groups excluding tert-OH is 1. The Morgan fingerprint density at radius 2 is 2.50 bits per heavy atom. The second kappa shape index (κ2) is 5.84. The number of aromatic amines is 1. The van der Waals surface area contributed by atoms with Crippen LogP contribution in [0.2, 0.25) is 0 Å². The van der Waals surface area contributed by atoms with Crippen molar-refractivity contribution >= 4 is 0 Å². The van der Waals surface area contributed by atoms with Gasteiger partial charge in [0.15, 0.2) is 0 Å². The average molecular weight is 279 g/mol. The Morgan fingerprint density at radius 1 is 1.60 bits per heavy atom. The van der Waals surface area contributed by atoms with Crippen LogP contribution in [0, 0.1) is 0 Å². The molecule has 0 bridgehead atoms. The van der Waals surface area contributed by atoms with E-state index in [0.29, 0.717) is 6.54 Å². The maximum atomic E-state index is 10.3. The molecule has 2 saturated heterocycles. The average Bonchev–Trinajstić information content (AvgIpc) is 3.12. The van der Waals surface area contributed by atoms with E-state index < -0.39 is 0 Å². The highest BCUT2D eigenvalue weighted by molar-refractivity contribution is 5.06. The van der Waals surface area contributed by atoms with Gasteiger partial charge in [0.2, 0.25) is 0 Å². The molecule has 0 radical (unpaired) electrons. The number of aliphatic hydroxyl groups is 1. The van der Waals surface area contributed by atoms with E-state index in [2.05, 4.69) is 21.8 Å². The number of likely N-dealkylation sites (tertiary alicyclic amines) is 1. The summed E-state index contributed by atoms with van der Waals surface area (Å²) in [6, 6.07) is 0. The van der Waals surface area contributed by atoms with Crippen LogP contribution in [0.1, 0.15) is 44.1 Å². The highest BCUT2D eigenvalue weighted by atomic mass is 16.5. The number of nitrogens with one attached hydrogen (secondary N) is 1. The number of β-amino-alcohol motifs (C(OH)–C–C–N with tert-alkyl or cyclic N) is 1. The molecule has 0 amide bonds. The van der Waals surface area contributed by atoms with E-state index in [1.54, 1.807) is 0 Å². The summed E-state index contributed by atoms with van der Waals surface area (Å²) in [5, 5.41) is 10.3. The van der Waals surface area contributed by atoms with Crippen LogP contribution < -0.4 is 0 Å². The van der Waals surface area contributed by atoms with Gasteiger partial charge in [-0.2, -0.15) is 0 Å². The van der Waals surface area contributed by atoms with Crippen molar-refractivity contribution in [2.45, 2.75) is 57.3 Å². The van der Waals surface area contributed by atoms with Crippen molar-refractivity contribution in [1.29, 1.82) is 0 Å². The molecule has 5 heteroatoms. The summed E-state index contributed by atoms with van der Waals surface area (Å²) in [7, 11) is 0. The second-order valence-electron chi connectivity index (χ2n) is 6.16. The number of hydrogen-bond acceptors (Lipinski definition) is 4. The Labute approximate surface area is 120 Å². The quantitative estimate of drug-likeness (QED) is 0.857. The smallest absolute Gasteiger partial charge is 0.108 e. The number of nitrogens with zero attached hydrogens (tertiary/aromatic N) is 2. The lowest BCUT2D eigenvalue weighted by atomic mass is 9.97. The Balaban J connectivity index is 1.57. The maximum absolute atomic E-state index is 10.3. The zero-order valence-electron chi connectivity index (χ0n) is 12.3. The van der Waals surface area contributed by atoms with Crippen LogP contribution in [0.15, 0.2) is 6.20 Å². The molecule has 0 unspecified atom stereocenters. The first kappa shape index (κ1) is 14.0. The predicted molar refractivity (Wildman–Crippen MR) is 76.4 cm³/mol. The molecule has 2 N–H and O–H groups in total. The summed E-state index contributed by atoms with van der Waals surface area (Å²) in [4.78, 5) is 10.1. The van der Waals surface area contributed by atoms with Gasteiger partial charge in [0.05, 0.1) is 6.10 Å². The van der Waals surface area contributed by atoms with E-state index in [-0.39, 0.29) is 11.7 Å². The van der Waals surface area contributed by atoms with Crippen molar-refractivity contribution in [1.82, 2.24) is 14.9 Å². The first-order chi connectivity index (χ1) is 9.72. The Hall–Kier alpha value is -0.910. The van der Waals surface area contributed by atoms with Crippen molar-refractivity contribution in [2.24, 2.45) is 0 Å². The number of aromatic nitrogens is 2. The maximum Gasteiger partial charge on any atom is 0.108 e. The number of unbranched alkanes of at least 4 members (excludes halogenated alkanes) is 1. The summed E-state index contributed by atoms with van der Waals surface area (Å²) in [6.07, 6.45) is 7.00. The number of hydrogen-bond donors (Lipinski definition) is 2. The minimum absolute atomic E-state index is 0.301.